The standard InChI is InChI=1S/C20H26N2O3.ClH/c1-13(2)25-18-11-10-16(24-4)12-17(18)22-20(23)14(3)19(21)15-8-6-5-7-9-15;/h5-14,19H,21H2,1-4H3,(H,22,23);1H. The van der Waals surface area contributed by atoms with Gasteiger partial charge in [-0.1, -0.05) is 37.3 Å². The van der Waals surface area contributed by atoms with E-state index in [1.165, 1.54) is 0 Å². The summed E-state index contributed by atoms with van der Waals surface area (Å²) in [6.45, 7) is 5.68. The van der Waals surface area contributed by atoms with Crippen LogP contribution < -0.4 is 20.5 Å². The second-order valence-corrected chi connectivity index (χ2v) is 6.24. The number of anilines is 1. The van der Waals surface area contributed by atoms with Gasteiger partial charge in [0, 0.05) is 12.1 Å². The van der Waals surface area contributed by atoms with Crippen molar-refractivity contribution >= 4 is 24.0 Å². The lowest BCUT2D eigenvalue weighted by Gasteiger charge is -2.21. The molecule has 6 heteroatoms. The van der Waals surface area contributed by atoms with E-state index < -0.39 is 5.92 Å². The highest BCUT2D eigenvalue weighted by molar-refractivity contribution is 5.94. The molecule has 0 spiro atoms. The van der Waals surface area contributed by atoms with Crippen LogP contribution in [0.2, 0.25) is 0 Å². The molecule has 3 N–H and O–H groups in total. The number of hydrogen-bond donors (Lipinski definition) is 2. The predicted octanol–water partition coefficient (Wildman–Crippen LogP) is 4.18. The molecule has 0 heterocycles. The van der Waals surface area contributed by atoms with Crippen molar-refractivity contribution in [3.63, 3.8) is 0 Å². The number of ether oxygens (including phenoxy) is 2. The lowest BCUT2D eigenvalue weighted by atomic mass is 9.94. The maximum Gasteiger partial charge on any atom is 0.229 e. The predicted molar refractivity (Wildman–Crippen MR) is 107 cm³/mol. The summed E-state index contributed by atoms with van der Waals surface area (Å²) >= 11 is 0. The van der Waals surface area contributed by atoms with Crippen molar-refractivity contribution in [1.29, 1.82) is 0 Å². The van der Waals surface area contributed by atoms with Crippen LogP contribution in [0.25, 0.3) is 0 Å². The molecule has 2 aromatic rings. The number of benzene rings is 2. The van der Waals surface area contributed by atoms with Crippen LogP contribution in [0.15, 0.2) is 48.5 Å². The summed E-state index contributed by atoms with van der Waals surface area (Å²) in [5.41, 5.74) is 7.75. The largest absolute Gasteiger partial charge is 0.497 e. The third-order valence-electron chi connectivity index (χ3n) is 3.94. The molecule has 0 aliphatic rings. The van der Waals surface area contributed by atoms with E-state index in [-0.39, 0.29) is 30.5 Å². The fourth-order valence-electron chi connectivity index (χ4n) is 2.46. The van der Waals surface area contributed by atoms with Crippen LogP contribution in [0.5, 0.6) is 11.5 Å². The Morgan fingerprint density at radius 1 is 1.08 bits per heavy atom. The van der Waals surface area contributed by atoms with Crippen molar-refractivity contribution in [3.8, 4) is 11.5 Å². The van der Waals surface area contributed by atoms with Gasteiger partial charge in [0.05, 0.1) is 24.8 Å². The Morgan fingerprint density at radius 3 is 2.31 bits per heavy atom. The summed E-state index contributed by atoms with van der Waals surface area (Å²) in [7, 11) is 1.58. The minimum absolute atomic E-state index is 0. The fourth-order valence-corrected chi connectivity index (χ4v) is 2.46. The third-order valence-corrected chi connectivity index (χ3v) is 3.94. The van der Waals surface area contributed by atoms with E-state index in [9.17, 15) is 4.79 Å². The number of amides is 1. The van der Waals surface area contributed by atoms with Crippen molar-refractivity contribution in [3.05, 3.63) is 54.1 Å². The Kier molecular flexibility index (Phi) is 8.42. The van der Waals surface area contributed by atoms with Crippen molar-refractivity contribution < 1.29 is 14.3 Å². The lowest BCUT2D eigenvalue weighted by Crippen LogP contribution is -2.30. The fraction of sp³-hybridized carbons (Fsp3) is 0.350. The molecular formula is C20H27ClN2O3. The summed E-state index contributed by atoms with van der Waals surface area (Å²) in [6, 6.07) is 14.5. The Bertz CT molecular complexity index is 707. The molecule has 2 aromatic carbocycles. The number of rotatable bonds is 7. The first-order valence-corrected chi connectivity index (χ1v) is 8.38. The Hall–Kier alpha value is -2.24. The highest BCUT2D eigenvalue weighted by atomic mass is 35.5. The first-order chi connectivity index (χ1) is 11.9. The van der Waals surface area contributed by atoms with Crippen LogP contribution in [0.4, 0.5) is 5.69 Å². The molecule has 5 nitrogen and oxygen atoms in total. The molecule has 0 aliphatic heterocycles. The zero-order valence-electron chi connectivity index (χ0n) is 15.6. The molecule has 0 aromatic heterocycles. The second kappa shape index (κ2) is 10.0. The summed E-state index contributed by atoms with van der Waals surface area (Å²) < 4.78 is 11.0. The summed E-state index contributed by atoms with van der Waals surface area (Å²) in [6.07, 6.45) is -0.00644. The van der Waals surface area contributed by atoms with Gasteiger partial charge in [-0.2, -0.15) is 0 Å². The number of nitrogens with two attached hydrogens (primary N) is 1. The maximum atomic E-state index is 12.7. The molecule has 1 amide bonds. The number of nitrogens with one attached hydrogen (secondary N) is 1. The number of carbonyl (C=O) groups excluding carboxylic acids is 1. The number of hydrogen-bond acceptors (Lipinski definition) is 4. The van der Waals surface area contributed by atoms with E-state index in [0.29, 0.717) is 17.2 Å². The Labute approximate surface area is 161 Å². The molecule has 0 aliphatic carbocycles. The minimum atomic E-state index is -0.402. The number of methoxy groups -OCH3 is 1. The smallest absolute Gasteiger partial charge is 0.229 e. The average molecular weight is 379 g/mol. The molecular weight excluding hydrogens is 352 g/mol. The van der Waals surface area contributed by atoms with Crippen molar-refractivity contribution in [2.24, 2.45) is 11.7 Å². The molecule has 2 rings (SSSR count). The van der Waals surface area contributed by atoms with Crippen molar-refractivity contribution in [1.82, 2.24) is 0 Å². The van der Waals surface area contributed by atoms with Crippen LogP contribution in [0, 0.1) is 5.92 Å². The van der Waals surface area contributed by atoms with E-state index in [4.69, 9.17) is 15.2 Å². The summed E-state index contributed by atoms with van der Waals surface area (Å²) in [5.74, 6) is 0.676. The topological polar surface area (TPSA) is 73.6 Å². The van der Waals surface area contributed by atoms with Gasteiger partial charge < -0.3 is 20.5 Å². The molecule has 0 saturated heterocycles. The van der Waals surface area contributed by atoms with Crippen molar-refractivity contribution in [2.45, 2.75) is 32.9 Å². The monoisotopic (exact) mass is 378 g/mol. The van der Waals surface area contributed by atoms with E-state index in [0.717, 1.165) is 5.56 Å². The number of carbonyl (C=O) groups is 1. The highest BCUT2D eigenvalue weighted by Crippen LogP contribution is 2.31. The zero-order chi connectivity index (χ0) is 18.4. The van der Waals surface area contributed by atoms with Gasteiger partial charge in [-0.25, -0.2) is 0 Å². The van der Waals surface area contributed by atoms with Crippen LogP contribution in [-0.4, -0.2) is 19.1 Å². The van der Waals surface area contributed by atoms with E-state index in [1.54, 1.807) is 25.3 Å². The van der Waals surface area contributed by atoms with E-state index >= 15 is 0 Å². The molecule has 142 valence electrons. The van der Waals surface area contributed by atoms with Gasteiger partial charge in [0.1, 0.15) is 11.5 Å². The van der Waals surface area contributed by atoms with Gasteiger partial charge >= 0.3 is 0 Å². The molecule has 0 saturated carbocycles. The molecule has 26 heavy (non-hydrogen) atoms. The molecule has 0 bridgehead atoms. The SMILES string of the molecule is COc1ccc(OC(C)C)c(NC(=O)C(C)C(N)c2ccccc2)c1.Cl. The number of halogens is 1. The highest BCUT2D eigenvalue weighted by Gasteiger charge is 2.23. The van der Waals surface area contributed by atoms with E-state index in [1.807, 2.05) is 51.1 Å². The Balaban J connectivity index is 0.00000338. The Morgan fingerprint density at radius 2 is 1.73 bits per heavy atom. The van der Waals surface area contributed by atoms with Crippen molar-refractivity contribution in [2.75, 3.05) is 12.4 Å². The summed E-state index contributed by atoms with van der Waals surface area (Å²) in [4.78, 5) is 12.7. The van der Waals surface area contributed by atoms with Crippen LogP contribution in [0.3, 0.4) is 0 Å². The van der Waals surface area contributed by atoms with Gasteiger partial charge in [-0.15, -0.1) is 12.4 Å². The van der Waals surface area contributed by atoms with Crippen LogP contribution in [0.1, 0.15) is 32.4 Å². The van der Waals surface area contributed by atoms with Gasteiger partial charge in [0.2, 0.25) is 5.91 Å². The zero-order valence-corrected chi connectivity index (χ0v) is 16.4. The van der Waals surface area contributed by atoms with Gasteiger partial charge in [0.25, 0.3) is 0 Å². The molecule has 0 radical (unpaired) electrons. The van der Waals surface area contributed by atoms with Crippen LogP contribution in [-0.2, 0) is 4.79 Å². The first-order valence-electron chi connectivity index (χ1n) is 8.38. The molecule has 0 fully saturated rings. The second-order valence-electron chi connectivity index (χ2n) is 6.24. The summed E-state index contributed by atoms with van der Waals surface area (Å²) in [5, 5.41) is 2.92. The average Bonchev–Trinajstić information content (AvgIpc) is 2.62. The van der Waals surface area contributed by atoms with Gasteiger partial charge in [-0.05, 0) is 31.5 Å². The van der Waals surface area contributed by atoms with Crippen LogP contribution >= 0.6 is 12.4 Å². The minimum Gasteiger partial charge on any atom is -0.497 e. The molecule has 2 atom stereocenters. The first kappa shape index (κ1) is 21.8. The quantitative estimate of drug-likeness (QED) is 0.758. The third kappa shape index (κ3) is 5.64. The lowest BCUT2D eigenvalue weighted by molar-refractivity contribution is -0.120. The van der Waals surface area contributed by atoms with E-state index in [2.05, 4.69) is 5.32 Å². The van der Waals surface area contributed by atoms with Gasteiger partial charge in [0.15, 0.2) is 0 Å². The molecule has 2 unspecified atom stereocenters. The van der Waals surface area contributed by atoms with Gasteiger partial charge in [-0.3, -0.25) is 4.79 Å². The normalized spacial score (nSPS) is 12.7. The maximum absolute atomic E-state index is 12.7.